The monoisotopic (exact) mass is 230 g/mol. The highest BCUT2D eigenvalue weighted by atomic mass is 79.9. The fraction of sp³-hybridized carbons (Fsp3) is 0.375. The first-order valence-electron chi connectivity index (χ1n) is 3.74. The van der Waals surface area contributed by atoms with Crippen molar-refractivity contribution in [3.63, 3.8) is 0 Å². The van der Waals surface area contributed by atoms with E-state index in [2.05, 4.69) is 20.9 Å². The first kappa shape index (κ1) is 9.64. The summed E-state index contributed by atoms with van der Waals surface area (Å²) in [5.41, 5.74) is 5.97. The fourth-order valence-electron chi connectivity index (χ4n) is 0.915. The third-order valence-electron chi connectivity index (χ3n) is 1.52. The molecule has 0 amide bonds. The quantitative estimate of drug-likeness (QED) is 0.769. The van der Waals surface area contributed by atoms with Gasteiger partial charge in [-0.2, -0.15) is 0 Å². The summed E-state index contributed by atoms with van der Waals surface area (Å²) in [5.74, 6) is 0. The number of halogens is 1. The largest absolute Gasteiger partial charge is 0.387 e. The highest BCUT2D eigenvalue weighted by Crippen LogP contribution is 2.15. The molecule has 3 N–H and O–H groups in total. The molecule has 0 aliphatic rings. The maximum atomic E-state index is 9.48. The van der Waals surface area contributed by atoms with Gasteiger partial charge in [-0.3, -0.25) is 0 Å². The van der Waals surface area contributed by atoms with E-state index in [1.807, 2.05) is 12.1 Å². The van der Waals surface area contributed by atoms with Crippen LogP contribution in [0.4, 0.5) is 0 Å². The van der Waals surface area contributed by atoms with Crippen molar-refractivity contribution in [2.24, 2.45) is 5.73 Å². The van der Waals surface area contributed by atoms with Crippen LogP contribution in [0.2, 0.25) is 0 Å². The summed E-state index contributed by atoms with van der Waals surface area (Å²) in [7, 11) is 0. The highest BCUT2D eigenvalue weighted by Gasteiger charge is 2.07. The number of nitrogens with zero attached hydrogens (tertiary/aromatic N) is 1. The molecule has 66 valence electrons. The second-order valence-electron chi connectivity index (χ2n) is 2.48. The number of hydrogen-bond acceptors (Lipinski definition) is 3. The number of aromatic nitrogens is 1. The minimum absolute atomic E-state index is 0.468. The number of pyridine rings is 1. The van der Waals surface area contributed by atoms with Crippen LogP contribution in [0.1, 0.15) is 18.2 Å². The van der Waals surface area contributed by atoms with Crippen molar-refractivity contribution in [1.82, 2.24) is 4.98 Å². The van der Waals surface area contributed by atoms with Gasteiger partial charge in [0, 0.05) is 0 Å². The Morgan fingerprint density at radius 2 is 2.33 bits per heavy atom. The van der Waals surface area contributed by atoms with Gasteiger partial charge in [-0.25, -0.2) is 4.98 Å². The maximum Gasteiger partial charge on any atom is 0.106 e. The van der Waals surface area contributed by atoms with E-state index >= 15 is 0 Å². The maximum absolute atomic E-state index is 9.48. The number of hydrogen-bond donors (Lipinski definition) is 2. The van der Waals surface area contributed by atoms with Crippen molar-refractivity contribution in [1.29, 1.82) is 0 Å². The van der Waals surface area contributed by atoms with Crippen molar-refractivity contribution >= 4 is 15.9 Å². The van der Waals surface area contributed by atoms with Crippen molar-refractivity contribution in [2.75, 3.05) is 6.54 Å². The van der Waals surface area contributed by atoms with Crippen LogP contribution in [-0.2, 0) is 0 Å². The lowest BCUT2D eigenvalue weighted by molar-refractivity contribution is 0.165. The fourth-order valence-corrected chi connectivity index (χ4v) is 1.27. The van der Waals surface area contributed by atoms with Crippen molar-refractivity contribution in [2.45, 2.75) is 12.5 Å². The Bertz CT molecular complexity index is 255. The molecule has 0 aliphatic carbocycles. The summed E-state index contributed by atoms with van der Waals surface area (Å²) in [6.07, 6.45) is -0.00352. The summed E-state index contributed by atoms with van der Waals surface area (Å²) in [5, 5.41) is 9.48. The Morgan fingerprint density at radius 3 is 2.92 bits per heavy atom. The molecule has 0 unspecified atom stereocenters. The molecule has 1 heterocycles. The average molecular weight is 231 g/mol. The second-order valence-corrected chi connectivity index (χ2v) is 3.29. The molecule has 0 saturated carbocycles. The zero-order chi connectivity index (χ0) is 8.97. The van der Waals surface area contributed by atoms with Gasteiger partial charge >= 0.3 is 0 Å². The lowest BCUT2D eigenvalue weighted by atomic mass is 10.2. The lowest BCUT2D eigenvalue weighted by Crippen LogP contribution is -2.07. The molecule has 0 radical (unpaired) electrons. The summed E-state index contributed by atoms with van der Waals surface area (Å²) >= 11 is 3.23. The Labute approximate surface area is 79.7 Å². The predicted octanol–water partition coefficient (Wildman–Crippen LogP) is 1.23. The van der Waals surface area contributed by atoms with E-state index < -0.39 is 6.10 Å². The smallest absolute Gasteiger partial charge is 0.106 e. The first-order valence-corrected chi connectivity index (χ1v) is 4.54. The standard InChI is InChI=1S/C8H11BrN2O/c9-8-3-1-2-6(11-8)7(12)4-5-10/h1-3,7,12H,4-5,10H2/t7-/m1/s1. The van der Waals surface area contributed by atoms with Gasteiger partial charge in [0.15, 0.2) is 0 Å². The molecule has 1 rings (SSSR count). The van der Waals surface area contributed by atoms with Crippen molar-refractivity contribution in [3.05, 3.63) is 28.5 Å². The van der Waals surface area contributed by atoms with Crippen LogP contribution >= 0.6 is 15.9 Å². The van der Waals surface area contributed by atoms with Gasteiger partial charge < -0.3 is 10.8 Å². The van der Waals surface area contributed by atoms with E-state index in [0.29, 0.717) is 18.7 Å². The van der Waals surface area contributed by atoms with Gasteiger partial charge in [0.2, 0.25) is 0 Å². The van der Waals surface area contributed by atoms with Gasteiger partial charge in [0.25, 0.3) is 0 Å². The minimum atomic E-state index is -0.549. The Morgan fingerprint density at radius 1 is 1.58 bits per heavy atom. The zero-order valence-electron chi connectivity index (χ0n) is 6.57. The van der Waals surface area contributed by atoms with Gasteiger partial charge in [-0.1, -0.05) is 6.07 Å². The Kier molecular flexibility index (Phi) is 3.65. The third-order valence-corrected chi connectivity index (χ3v) is 1.96. The number of nitrogens with two attached hydrogens (primary N) is 1. The van der Waals surface area contributed by atoms with E-state index in [9.17, 15) is 5.11 Å². The number of aliphatic hydroxyl groups excluding tert-OH is 1. The average Bonchev–Trinajstić information content (AvgIpc) is 2.05. The molecule has 12 heavy (non-hydrogen) atoms. The number of aliphatic hydroxyl groups is 1. The van der Waals surface area contributed by atoms with Crippen LogP contribution in [0.15, 0.2) is 22.8 Å². The van der Waals surface area contributed by atoms with E-state index in [0.717, 1.165) is 4.60 Å². The SMILES string of the molecule is NCC[C@@H](O)c1cccc(Br)n1. The third kappa shape index (κ3) is 2.55. The summed E-state index contributed by atoms with van der Waals surface area (Å²) in [6.45, 7) is 0.468. The molecule has 1 atom stereocenters. The summed E-state index contributed by atoms with van der Waals surface area (Å²) in [4.78, 5) is 4.10. The van der Waals surface area contributed by atoms with Crippen LogP contribution in [0, 0.1) is 0 Å². The molecule has 4 heteroatoms. The second kappa shape index (κ2) is 4.54. The van der Waals surface area contributed by atoms with Crippen LogP contribution in [0.25, 0.3) is 0 Å². The van der Waals surface area contributed by atoms with Crippen molar-refractivity contribution in [3.8, 4) is 0 Å². The molecule has 1 aromatic heterocycles. The first-order chi connectivity index (χ1) is 5.74. The van der Waals surface area contributed by atoms with Crippen LogP contribution in [0.5, 0.6) is 0 Å². The zero-order valence-corrected chi connectivity index (χ0v) is 8.16. The Hall–Kier alpha value is -0.450. The highest BCUT2D eigenvalue weighted by molar-refractivity contribution is 9.10. The molecule has 0 fully saturated rings. The van der Waals surface area contributed by atoms with E-state index in [4.69, 9.17) is 5.73 Å². The molecule has 1 aromatic rings. The van der Waals surface area contributed by atoms with Crippen LogP contribution in [-0.4, -0.2) is 16.6 Å². The molecule has 0 aliphatic heterocycles. The topological polar surface area (TPSA) is 59.1 Å². The molecule has 0 aromatic carbocycles. The summed E-state index contributed by atoms with van der Waals surface area (Å²) in [6, 6.07) is 5.44. The number of rotatable bonds is 3. The normalized spacial score (nSPS) is 12.9. The van der Waals surface area contributed by atoms with Crippen LogP contribution < -0.4 is 5.73 Å². The van der Waals surface area contributed by atoms with Crippen molar-refractivity contribution < 1.29 is 5.11 Å². The van der Waals surface area contributed by atoms with Gasteiger partial charge in [0.05, 0.1) is 11.8 Å². The molecule has 0 bridgehead atoms. The minimum Gasteiger partial charge on any atom is -0.387 e. The summed E-state index contributed by atoms with van der Waals surface area (Å²) < 4.78 is 0.732. The lowest BCUT2D eigenvalue weighted by Gasteiger charge is -2.07. The van der Waals surface area contributed by atoms with E-state index in [-0.39, 0.29) is 0 Å². The van der Waals surface area contributed by atoms with Gasteiger partial charge in [-0.05, 0) is 41.0 Å². The molecule has 3 nitrogen and oxygen atoms in total. The van der Waals surface area contributed by atoms with Gasteiger partial charge in [-0.15, -0.1) is 0 Å². The molecular weight excluding hydrogens is 220 g/mol. The molecular formula is C8H11BrN2O. The van der Waals surface area contributed by atoms with E-state index in [1.165, 1.54) is 0 Å². The Balaban J connectivity index is 2.73. The van der Waals surface area contributed by atoms with Crippen LogP contribution in [0.3, 0.4) is 0 Å². The van der Waals surface area contributed by atoms with Gasteiger partial charge in [0.1, 0.15) is 4.60 Å². The van der Waals surface area contributed by atoms with E-state index in [1.54, 1.807) is 6.07 Å². The molecule has 0 spiro atoms. The predicted molar refractivity (Wildman–Crippen MR) is 50.6 cm³/mol. The molecule has 0 saturated heterocycles.